The number of nitrogens with one attached hydrogen (secondary N) is 1. The summed E-state index contributed by atoms with van der Waals surface area (Å²) >= 11 is 0. The third-order valence-corrected chi connectivity index (χ3v) is 3.43. The molecule has 0 aliphatic heterocycles. The molecule has 0 radical (unpaired) electrons. The van der Waals surface area contributed by atoms with Crippen LogP contribution in [-0.2, 0) is 11.3 Å². The normalized spacial score (nSPS) is 12.0. The zero-order chi connectivity index (χ0) is 15.8. The SMILES string of the molecule is CCCC[C@@H](NCc1cnc(-c2ccccc2)nc1)C(=O)O. The summed E-state index contributed by atoms with van der Waals surface area (Å²) in [5, 5.41) is 12.2. The number of unbranched alkanes of at least 4 members (excludes halogenated alkanes) is 1. The molecule has 0 saturated heterocycles. The molecule has 1 heterocycles. The van der Waals surface area contributed by atoms with Gasteiger partial charge < -0.3 is 10.4 Å². The topological polar surface area (TPSA) is 75.1 Å². The van der Waals surface area contributed by atoms with E-state index in [1.165, 1.54) is 0 Å². The molecule has 5 nitrogen and oxygen atoms in total. The molecule has 0 bridgehead atoms. The zero-order valence-corrected chi connectivity index (χ0v) is 12.7. The lowest BCUT2D eigenvalue weighted by Crippen LogP contribution is -2.36. The number of hydrogen-bond donors (Lipinski definition) is 2. The van der Waals surface area contributed by atoms with Gasteiger partial charge in [0.25, 0.3) is 0 Å². The van der Waals surface area contributed by atoms with Gasteiger partial charge >= 0.3 is 5.97 Å². The summed E-state index contributed by atoms with van der Waals surface area (Å²) in [5.41, 5.74) is 1.84. The van der Waals surface area contributed by atoms with E-state index in [0.29, 0.717) is 18.8 Å². The Morgan fingerprint density at radius 3 is 2.50 bits per heavy atom. The first kappa shape index (κ1) is 16.1. The average molecular weight is 299 g/mol. The van der Waals surface area contributed by atoms with Gasteiger partial charge in [-0.1, -0.05) is 50.1 Å². The molecular formula is C17H21N3O2. The van der Waals surface area contributed by atoms with E-state index in [-0.39, 0.29) is 0 Å². The van der Waals surface area contributed by atoms with Gasteiger partial charge in [-0.3, -0.25) is 4.79 Å². The van der Waals surface area contributed by atoms with Crippen LogP contribution in [-0.4, -0.2) is 27.1 Å². The number of nitrogens with zero attached hydrogens (tertiary/aromatic N) is 2. The van der Waals surface area contributed by atoms with Gasteiger partial charge in [-0.2, -0.15) is 0 Å². The molecule has 22 heavy (non-hydrogen) atoms. The summed E-state index contributed by atoms with van der Waals surface area (Å²) in [6.07, 6.45) is 5.99. The van der Waals surface area contributed by atoms with E-state index in [1.54, 1.807) is 12.4 Å². The summed E-state index contributed by atoms with van der Waals surface area (Å²) in [7, 11) is 0. The minimum absolute atomic E-state index is 0.454. The van der Waals surface area contributed by atoms with Gasteiger partial charge in [0.1, 0.15) is 6.04 Å². The Labute approximate surface area is 130 Å². The van der Waals surface area contributed by atoms with E-state index in [0.717, 1.165) is 24.0 Å². The third kappa shape index (κ3) is 4.63. The van der Waals surface area contributed by atoms with Gasteiger partial charge in [0, 0.05) is 30.1 Å². The van der Waals surface area contributed by atoms with Crippen molar-refractivity contribution in [1.29, 1.82) is 0 Å². The van der Waals surface area contributed by atoms with Gasteiger partial charge in [-0.05, 0) is 6.42 Å². The smallest absolute Gasteiger partial charge is 0.320 e. The highest BCUT2D eigenvalue weighted by Crippen LogP contribution is 2.13. The van der Waals surface area contributed by atoms with Crippen molar-refractivity contribution in [1.82, 2.24) is 15.3 Å². The number of carboxylic acid groups (broad SMARTS) is 1. The van der Waals surface area contributed by atoms with E-state index in [1.807, 2.05) is 30.3 Å². The predicted octanol–water partition coefficient (Wildman–Crippen LogP) is 2.88. The molecule has 1 aromatic carbocycles. The standard InChI is InChI=1S/C17H21N3O2/c1-2-3-9-15(17(21)22)18-10-13-11-19-16(20-12-13)14-7-5-4-6-8-14/h4-8,11-12,15,18H,2-3,9-10H2,1H3,(H,21,22)/t15-/m1/s1. The number of carbonyl (C=O) groups is 1. The van der Waals surface area contributed by atoms with E-state index in [9.17, 15) is 9.90 Å². The van der Waals surface area contributed by atoms with Crippen molar-refractivity contribution in [3.05, 3.63) is 48.3 Å². The van der Waals surface area contributed by atoms with E-state index >= 15 is 0 Å². The van der Waals surface area contributed by atoms with Gasteiger partial charge in [0.05, 0.1) is 0 Å². The fourth-order valence-electron chi connectivity index (χ4n) is 2.14. The largest absolute Gasteiger partial charge is 0.480 e. The monoisotopic (exact) mass is 299 g/mol. The van der Waals surface area contributed by atoms with Gasteiger partial charge in [0.2, 0.25) is 0 Å². The molecule has 2 rings (SSSR count). The molecular weight excluding hydrogens is 278 g/mol. The van der Waals surface area contributed by atoms with Gasteiger partial charge in [0.15, 0.2) is 5.82 Å². The average Bonchev–Trinajstić information content (AvgIpc) is 2.56. The molecule has 2 aromatic rings. The Morgan fingerprint density at radius 1 is 1.23 bits per heavy atom. The van der Waals surface area contributed by atoms with Gasteiger partial charge in [-0.15, -0.1) is 0 Å². The van der Waals surface area contributed by atoms with Crippen molar-refractivity contribution < 1.29 is 9.90 Å². The minimum Gasteiger partial charge on any atom is -0.480 e. The maximum Gasteiger partial charge on any atom is 0.320 e. The zero-order valence-electron chi connectivity index (χ0n) is 12.7. The van der Waals surface area contributed by atoms with Crippen LogP contribution >= 0.6 is 0 Å². The Kier molecular flexibility index (Phi) is 6.03. The molecule has 0 saturated carbocycles. The molecule has 0 unspecified atom stereocenters. The highest BCUT2D eigenvalue weighted by Gasteiger charge is 2.15. The molecule has 0 aliphatic carbocycles. The third-order valence-electron chi connectivity index (χ3n) is 3.43. The van der Waals surface area contributed by atoms with E-state index in [2.05, 4.69) is 22.2 Å². The second kappa shape index (κ2) is 8.24. The number of hydrogen-bond acceptors (Lipinski definition) is 4. The van der Waals surface area contributed by atoms with Crippen molar-refractivity contribution in [2.24, 2.45) is 0 Å². The molecule has 2 N–H and O–H groups in total. The first-order valence-electron chi connectivity index (χ1n) is 7.53. The van der Waals surface area contributed by atoms with Crippen LogP contribution < -0.4 is 5.32 Å². The van der Waals surface area contributed by atoms with E-state index < -0.39 is 12.0 Å². The molecule has 0 fully saturated rings. The van der Waals surface area contributed by atoms with Gasteiger partial charge in [-0.25, -0.2) is 9.97 Å². The first-order valence-corrected chi connectivity index (χ1v) is 7.53. The maximum atomic E-state index is 11.2. The Bertz CT molecular complexity index is 585. The second-order valence-corrected chi connectivity index (χ2v) is 5.19. The molecule has 0 aliphatic rings. The summed E-state index contributed by atoms with van der Waals surface area (Å²) < 4.78 is 0. The summed E-state index contributed by atoms with van der Waals surface area (Å²) in [6.45, 7) is 2.50. The lowest BCUT2D eigenvalue weighted by atomic mass is 10.1. The predicted molar refractivity (Wildman–Crippen MR) is 85.3 cm³/mol. The molecule has 0 spiro atoms. The first-order chi connectivity index (χ1) is 10.7. The highest BCUT2D eigenvalue weighted by atomic mass is 16.4. The van der Waals surface area contributed by atoms with E-state index in [4.69, 9.17) is 0 Å². The minimum atomic E-state index is -0.810. The van der Waals surface area contributed by atoms with Crippen LogP contribution in [0.5, 0.6) is 0 Å². The molecule has 1 atom stereocenters. The molecule has 0 amide bonds. The number of rotatable bonds is 8. The van der Waals surface area contributed by atoms with Crippen molar-refractivity contribution in [2.75, 3.05) is 0 Å². The summed E-state index contributed by atoms with van der Waals surface area (Å²) in [5.74, 6) is -0.139. The second-order valence-electron chi connectivity index (χ2n) is 5.19. The molecule has 5 heteroatoms. The van der Waals surface area contributed by atoms with Crippen LogP contribution in [0.2, 0.25) is 0 Å². The number of benzene rings is 1. The van der Waals surface area contributed by atoms with Crippen molar-refractivity contribution in [2.45, 2.75) is 38.8 Å². The Balaban J connectivity index is 1.95. The molecule has 1 aromatic heterocycles. The number of aliphatic carboxylic acids is 1. The Hall–Kier alpha value is -2.27. The maximum absolute atomic E-state index is 11.2. The number of aromatic nitrogens is 2. The fourth-order valence-corrected chi connectivity index (χ4v) is 2.14. The van der Waals surface area contributed by atoms with Crippen molar-refractivity contribution in [3.8, 4) is 11.4 Å². The van der Waals surface area contributed by atoms with Crippen LogP contribution in [0.15, 0.2) is 42.7 Å². The van der Waals surface area contributed by atoms with Crippen molar-refractivity contribution >= 4 is 5.97 Å². The Morgan fingerprint density at radius 2 is 1.91 bits per heavy atom. The van der Waals surface area contributed by atoms with Crippen LogP contribution in [0.4, 0.5) is 0 Å². The van der Waals surface area contributed by atoms with Crippen molar-refractivity contribution in [3.63, 3.8) is 0 Å². The van der Waals surface area contributed by atoms with Crippen LogP contribution in [0.25, 0.3) is 11.4 Å². The highest BCUT2D eigenvalue weighted by molar-refractivity contribution is 5.73. The molecule has 116 valence electrons. The fraction of sp³-hybridized carbons (Fsp3) is 0.353. The lowest BCUT2D eigenvalue weighted by Gasteiger charge is -2.13. The van der Waals surface area contributed by atoms with Crippen LogP contribution in [0.3, 0.4) is 0 Å². The summed E-state index contributed by atoms with van der Waals surface area (Å²) in [4.78, 5) is 19.8. The van der Waals surface area contributed by atoms with Crippen LogP contribution in [0.1, 0.15) is 31.7 Å². The summed E-state index contributed by atoms with van der Waals surface area (Å²) in [6, 6.07) is 9.23. The van der Waals surface area contributed by atoms with Crippen LogP contribution in [0, 0.1) is 0 Å². The quantitative estimate of drug-likeness (QED) is 0.784. The lowest BCUT2D eigenvalue weighted by molar-refractivity contribution is -0.139. The number of carboxylic acids is 1.